The van der Waals surface area contributed by atoms with Crippen molar-refractivity contribution in [2.24, 2.45) is 0 Å². The molecule has 0 N–H and O–H groups in total. The van der Waals surface area contributed by atoms with Gasteiger partial charge in [-0.1, -0.05) is 15.9 Å². The molecule has 0 amide bonds. The standard InChI is InChI=1S/C10H6BrF5N2O/c11-3-6-7(9(12)13)18-4-5(1-2-17)8(6)19-10(14,15)16/h4,9H,1,3H2. The number of nitriles is 1. The molecule has 0 aliphatic heterocycles. The Morgan fingerprint density at radius 3 is 2.47 bits per heavy atom. The maximum atomic E-state index is 12.7. The molecule has 0 atom stereocenters. The van der Waals surface area contributed by atoms with Gasteiger partial charge in [-0.25, -0.2) is 8.78 Å². The highest BCUT2D eigenvalue weighted by Gasteiger charge is 2.34. The Kier molecular flexibility index (Phi) is 5.05. The fraction of sp³-hybridized carbons (Fsp3) is 0.400. The third-order valence-electron chi connectivity index (χ3n) is 2.06. The van der Waals surface area contributed by atoms with Gasteiger partial charge in [-0.05, 0) is 0 Å². The van der Waals surface area contributed by atoms with Crippen molar-refractivity contribution < 1.29 is 26.7 Å². The van der Waals surface area contributed by atoms with Crippen LogP contribution in [-0.4, -0.2) is 11.3 Å². The van der Waals surface area contributed by atoms with Gasteiger partial charge in [0.25, 0.3) is 6.43 Å². The van der Waals surface area contributed by atoms with E-state index in [2.05, 4.69) is 25.7 Å². The molecule has 0 radical (unpaired) electrons. The molecule has 104 valence electrons. The molecule has 19 heavy (non-hydrogen) atoms. The largest absolute Gasteiger partial charge is 0.573 e. The molecule has 1 rings (SSSR count). The van der Waals surface area contributed by atoms with Crippen LogP contribution in [0.2, 0.25) is 0 Å². The molecule has 1 aromatic heterocycles. The average Bonchev–Trinajstić information content (AvgIpc) is 2.29. The smallest absolute Gasteiger partial charge is 0.405 e. The monoisotopic (exact) mass is 344 g/mol. The number of hydrogen-bond donors (Lipinski definition) is 0. The summed E-state index contributed by atoms with van der Waals surface area (Å²) in [4.78, 5) is 3.38. The van der Waals surface area contributed by atoms with Crippen molar-refractivity contribution in [2.75, 3.05) is 0 Å². The van der Waals surface area contributed by atoms with Crippen molar-refractivity contribution in [1.29, 1.82) is 5.26 Å². The first-order valence-corrected chi connectivity index (χ1v) is 5.89. The third kappa shape index (κ3) is 4.02. The number of rotatable bonds is 4. The molecule has 0 unspecified atom stereocenters. The number of aromatic nitrogens is 1. The van der Waals surface area contributed by atoms with Crippen molar-refractivity contribution in [3.63, 3.8) is 0 Å². The Hall–Kier alpha value is -1.43. The second-order valence-corrected chi connectivity index (χ2v) is 3.85. The van der Waals surface area contributed by atoms with Crippen LogP contribution in [0.15, 0.2) is 6.20 Å². The molecular weight excluding hydrogens is 339 g/mol. The first-order valence-electron chi connectivity index (χ1n) is 4.77. The van der Waals surface area contributed by atoms with Crippen LogP contribution in [0.3, 0.4) is 0 Å². The second-order valence-electron chi connectivity index (χ2n) is 3.29. The Morgan fingerprint density at radius 2 is 2.05 bits per heavy atom. The molecular formula is C10H6BrF5N2O. The fourth-order valence-corrected chi connectivity index (χ4v) is 1.91. The predicted octanol–water partition coefficient (Wildman–Crippen LogP) is 3.88. The van der Waals surface area contributed by atoms with Gasteiger partial charge >= 0.3 is 6.36 Å². The molecule has 0 aliphatic carbocycles. The second kappa shape index (κ2) is 6.14. The Labute approximate surface area is 113 Å². The van der Waals surface area contributed by atoms with Crippen LogP contribution in [-0.2, 0) is 11.8 Å². The maximum absolute atomic E-state index is 12.7. The van der Waals surface area contributed by atoms with E-state index in [1.54, 1.807) is 6.07 Å². The van der Waals surface area contributed by atoms with E-state index in [9.17, 15) is 22.0 Å². The summed E-state index contributed by atoms with van der Waals surface area (Å²) >= 11 is 2.82. The zero-order chi connectivity index (χ0) is 14.6. The molecule has 9 heteroatoms. The minimum atomic E-state index is -5.04. The van der Waals surface area contributed by atoms with E-state index in [1.165, 1.54) is 0 Å². The molecule has 0 bridgehead atoms. The van der Waals surface area contributed by atoms with Crippen molar-refractivity contribution in [2.45, 2.75) is 24.5 Å². The molecule has 0 saturated heterocycles. The zero-order valence-corrected chi connectivity index (χ0v) is 10.7. The van der Waals surface area contributed by atoms with Crippen molar-refractivity contribution >= 4 is 15.9 Å². The van der Waals surface area contributed by atoms with Crippen LogP contribution in [0, 0.1) is 11.3 Å². The summed E-state index contributed by atoms with van der Waals surface area (Å²) in [7, 11) is 0. The van der Waals surface area contributed by atoms with Crippen molar-refractivity contribution in [3.8, 4) is 11.8 Å². The van der Waals surface area contributed by atoms with Crippen LogP contribution >= 0.6 is 15.9 Å². The molecule has 0 aromatic carbocycles. The van der Waals surface area contributed by atoms with Crippen LogP contribution in [0.4, 0.5) is 22.0 Å². The summed E-state index contributed by atoms with van der Waals surface area (Å²) in [5, 5.41) is 8.21. The van der Waals surface area contributed by atoms with Gasteiger partial charge in [0.2, 0.25) is 0 Å². The lowest BCUT2D eigenvalue weighted by Crippen LogP contribution is -2.20. The van der Waals surface area contributed by atoms with Gasteiger partial charge in [0.05, 0.1) is 12.5 Å². The number of alkyl halides is 6. The van der Waals surface area contributed by atoms with Gasteiger partial charge in [-0.15, -0.1) is 13.2 Å². The lowest BCUT2D eigenvalue weighted by atomic mass is 10.1. The number of hydrogen-bond acceptors (Lipinski definition) is 3. The molecule has 3 nitrogen and oxygen atoms in total. The molecule has 1 heterocycles. The third-order valence-corrected chi connectivity index (χ3v) is 2.62. The molecule has 0 aliphatic rings. The summed E-state index contributed by atoms with van der Waals surface area (Å²) in [6.45, 7) is 0. The number of halogens is 6. The van der Waals surface area contributed by atoms with Gasteiger partial charge in [0.1, 0.15) is 11.4 Å². The lowest BCUT2D eigenvalue weighted by molar-refractivity contribution is -0.275. The van der Waals surface area contributed by atoms with Crippen LogP contribution in [0.5, 0.6) is 5.75 Å². The molecule has 0 saturated carbocycles. The molecule has 0 spiro atoms. The van der Waals surface area contributed by atoms with E-state index in [0.29, 0.717) is 0 Å². The quantitative estimate of drug-likeness (QED) is 0.615. The summed E-state index contributed by atoms with van der Waals surface area (Å²) in [6, 6.07) is 1.62. The highest BCUT2D eigenvalue weighted by atomic mass is 79.9. The Balaban J connectivity index is 3.41. The Morgan fingerprint density at radius 1 is 1.42 bits per heavy atom. The minimum absolute atomic E-state index is 0.196. The first kappa shape index (κ1) is 15.6. The number of pyridine rings is 1. The summed E-state index contributed by atoms with van der Waals surface area (Å²) in [5.41, 5.74) is -1.42. The van der Waals surface area contributed by atoms with Crippen molar-refractivity contribution in [3.05, 3.63) is 23.0 Å². The maximum Gasteiger partial charge on any atom is 0.573 e. The van der Waals surface area contributed by atoms with Crippen LogP contribution in [0.1, 0.15) is 23.2 Å². The minimum Gasteiger partial charge on any atom is -0.405 e. The zero-order valence-electron chi connectivity index (χ0n) is 9.14. The van der Waals surface area contributed by atoms with E-state index in [1.807, 2.05) is 0 Å². The van der Waals surface area contributed by atoms with E-state index >= 15 is 0 Å². The van der Waals surface area contributed by atoms with Gasteiger partial charge < -0.3 is 4.74 Å². The predicted molar refractivity (Wildman–Crippen MR) is 57.8 cm³/mol. The van der Waals surface area contributed by atoms with E-state index < -0.39 is 36.2 Å². The molecule has 1 aromatic rings. The average molecular weight is 345 g/mol. The Bertz CT molecular complexity index is 498. The summed E-state index contributed by atoms with van der Waals surface area (Å²) in [6.07, 6.45) is -7.72. The van der Waals surface area contributed by atoms with Crippen molar-refractivity contribution in [1.82, 2.24) is 4.98 Å². The van der Waals surface area contributed by atoms with Crippen LogP contribution < -0.4 is 4.74 Å². The number of ether oxygens (including phenoxy) is 1. The SMILES string of the molecule is N#CCc1cnc(C(F)F)c(CBr)c1OC(F)(F)F. The van der Waals surface area contributed by atoms with E-state index in [-0.39, 0.29) is 10.9 Å². The van der Waals surface area contributed by atoms with Crippen LogP contribution in [0.25, 0.3) is 0 Å². The summed E-state index contributed by atoms with van der Waals surface area (Å²) in [5.74, 6) is -0.795. The van der Waals surface area contributed by atoms with Gasteiger partial charge in [0.15, 0.2) is 0 Å². The fourth-order valence-electron chi connectivity index (χ4n) is 1.37. The van der Waals surface area contributed by atoms with E-state index in [0.717, 1.165) is 6.20 Å². The normalized spacial score (nSPS) is 11.5. The summed E-state index contributed by atoms with van der Waals surface area (Å²) < 4.78 is 65.9. The van der Waals surface area contributed by atoms with Gasteiger partial charge in [-0.2, -0.15) is 5.26 Å². The topological polar surface area (TPSA) is 45.9 Å². The highest BCUT2D eigenvalue weighted by Crippen LogP contribution is 2.36. The highest BCUT2D eigenvalue weighted by molar-refractivity contribution is 9.08. The molecule has 0 fully saturated rings. The first-order chi connectivity index (χ1) is 8.80. The van der Waals surface area contributed by atoms with E-state index in [4.69, 9.17) is 5.26 Å². The lowest BCUT2D eigenvalue weighted by Gasteiger charge is -2.17. The van der Waals surface area contributed by atoms with Gasteiger partial charge in [0, 0.05) is 22.7 Å². The number of nitrogens with zero attached hydrogens (tertiary/aromatic N) is 2. The van der Waals surface area contributed by atoms with Gasteiger partial charge in [-0.3, -0.25) is 4.98 Å².